The highest BCUT2D eigenvalue weighted by Gasteiger charge is 2.39. The highest BCUT2D eigenvalue weighted by atomic mass is 32.2. The quantitative estimate of drug-likeness (QED) is 0.485. The van der Waals surface area contributed by atoms with E-state index < -0.39 is 0 Å². The van der Waals surface area contributed by atoms with E-state index in [-0.39, 0.29) is 23.7 Å². The molecule has 0 radical (unpaired) electrons. The maximum Gasteiger partial charge on any atom is 0.302 e. The monoisotopic (exact) mass is 465 g/mol. The summed E-state index contributed by atoms with van der Waals surface area (Å²) < 4.78 is 5.20. The molecule has 32 heavy (non-hydrogen) atoms. The number of carbonyl (C=O) groups excluding carboxylic acids is 2. The van der Waals surface area contributed by atoms with Gasteiger partial charge in [-0.3, -0.25) is 19.9 Å². The zero-order valence-electron chi connectivity index (χ0n) is 17.8. The normalized spacial score (nSPS) is 18.7. The first-order chi connectivity index (χ1) is 15.5. The average Bonchev–Trinajstić information content (AvgIpc) is 3.25. The summed E-state index contributed by atoms with van der Waals surface area (Å²) in [5.41, 5.74) is 3.00. The van der Waals surface area contributed by atoms with Crippen molar-refractivity contribution in [3.8, 4) is 0 Å². The fraction of sp³-hybridized carbons (Fsp3) is 0.208. The van der Waals surface area contributed by atoms with Crippen molar-refractivity contribution in [2.45, 2.75) is 20.4 Å². The van der Waals surface area contributed by atoms with Gasteiger partial charge >= 0.3 is 5.97 Å². The van der Waals surface area contributed by atoms with Gasteiger partial charge in [0.05, 0.1) is 23.8 Å². The minimum atomic E-state index is -0.338. The molecule has 2 aromatic carbocycles. The van der Waals surface area contributed by atoms with Crippen LogP contribution >= 0.6 is 23.5 Å². The third-order valence-electron chi connectivity index (χ3n) is 5.03. The number of hydrogen-bond acceptors (Lipinski definition) is 7. The molecule has 0 atom stereocenters. The van der Waals surface area contributed by atoms with Crippen molar-refractivity contribution in [2.75, 3.05) is 13.2 Å². The van der Waals surface area contributed by atoms with E-state index in [1.165, 1.54) is 35.3 Å². The van der Waals surface area contributed by atoms with Crippen molar-refractivity contribution in [3.05, 3.63) is 86.6 Å². The number of esters is 1. The SMILES string of the molecule is CC(=O)OCCN1C(c2ccccc2)=C(C)S/C1=C1\SC(=N)N(Cc2ccccc2)C1=O. The van der Waals surface area contributed by atoms with Crippen molar-refractivity contribution < 1.29 is 14.3 Å². The van der Waals surface area contributed by atoms with Crippen LogP contribution in [0.5, 0.6) is 0 Å². The molecule has 1 saturated heterocycles. The van der Waals surface area contributed by atoms with Gasteiger partial charge in [-0.05, 0) is 29.8 Å². The van der Waals surface area contributed by atoms with Crippen LogP contribution in [0, 0.1) is 5.41 Å². The van der Waals surface area contributed by atoms with Crippen molar-refractivity contribution in [1.82, 2.24) is 9.80 Å². The van der Waals surface area contributed by atoms with E-state index in [1.807, 2.05) is 72.5 Å². The molecule has 1 fully saturated rings. The topological polar surface area (TPSA) is 73.7 Å². The molecule has 2 aliphatic heterocycles. The third kappa shape index (κ3) is 4.61. The van der Waals surface area contributed by atoms with Crippen molar-refractivity contribution in [1.29, 1.82) is 5.41 Å². The summed E-state index contributed by atoms with van der Waals surface area (Å²) in [4.78, 5) is 29.8. The number of carbonyl (C=O) groups is 2. The van der Waals surface area contributed by atoms with Gasteiger partial charge in [0.15, 0.2) is 5.17 Å². The van der Waals surface area contributed by atoms with E-state index in [1.54, 1.807) is 0 Å². The molecule has 6 nitrogen and oxygen atoms in total. The largest absolute Gasteiger partial charge is 0.464 e. The van der Waals surface area contributed by atoms with Gasteiger partial charge in [0.1, 0.15) is 11.5 Å². The molecule has 8 heteroatoms. The maximum absolute atomic E-state index is 13.3. The summed E-state index contributed by atoms with van der Waals surface area (Å²) >= 11 is 2.71. The zero-order valence-corrected chi connectivity index (χ0v) is 19.5. The van der Waals surface area contributed by atoms with E-state index in [2.05, 4.69) is 0 Å². The molecule has 0 aliphatic carbocycles. The average molecular weight is 466 g/mol. The number of ether oxygens (including phenoxy) is 1. The van der Waals surface area contributed by atoms with Crippen LogP contribution in [0.3, 0.4) is 0 Å². The Morgan fingerprint density at radius 2 is 1.66 bits per heavy atom. The van der Waals surface area contributed by atoms with Gasteiger partial charge in [-0.25, -0.2) is 0 Å². The fourth-order valence-corrected chi connectivity index (χ4v) is 5.80. The molecule has 4 rings (SSSR count). The summed E-state index contributed by atoms with van der Waals surface area (Å²) in [6.45, 7) is 4.40. The van der Waals surface area contributed by atoms with Crippen LogP contribution in [-0.4, -0.2) is 40.0 Å². The molecule has 1 N–H and O–H groups in total. The predicted octanol–water partition coefficient (Wildman–Crippen LogP) is 4.87. The Labute approximate surface area is 195 Å². The van der Waals surface area contributed by atoms with Crippen molar-refractivity contribution >= 4 is 46.3 Å². The number of hydrogen-bond donors (Lipinski definition) is 1. The van der Waals surface area contributed by atoms with Gasteiger partial charge in [-0.15, -0.1) is 0 Å². The standard InChI is InChI=1S/C24H23N3O3S2/c1-16-20(19-11-7-4-8-12-19)26(13-14-30-17(2)28)23(31-16)21-22(29)27(24(25)32-21)15-18-9-5-3-6-10-18/h3-12,25H,13-15H2,1-2H3/b23-21-,25-24?. The molecule has 0 saturated carbocycles. The van der Waals surface area contributed by atoms with Crippen LogP contribution in [0.1, 0.15) is 25.0 Å². The summed E-state index contributed by atoms with van der Waals surface area (Å²) in [6.07, 6.45) is 0. The van der Waals surface area contributed by atoms with Crippen LogP contribution in [0.15, 0.2) is 75.5 Å². The molecule has 0 unspecified atom stereocenters. The van der Waals surface area contributed by atoms with E-state index in [0.717, 1.165) is 26.8 Å². The van der Waals surface area contributed by atoms with Crippen LogP contribution in [0.25, 0.3) is 5.70 Å². The summed E-state index contributed by atoms with van der Waals surface area (Å²) in [5, 5.41) is 9.42. The van der Waals surface area contributed by atoms with Gasteiger partial charge in [0.2, 0.25) is 0 Å². The van der Waals surface area contributed by atoms with E-state index in [9.17, 15) is 9.59 Å². The number of thioether (sulfide) groups is 2. The molecular formula is C24H23N3O3S2. The lowest BCUT2D eigenvalue weighted by atomic mass is 10.1. The Balaban J connectivity index is 1.66. The third-order valence-corrected chi connectivity index (χ3v) is 7.26. The number of amidine groups is 1. The minimum Gasteiger partial charge on any atom is -0.464 e. The summed E-state index contributed by atoms with van der Waals surface area (Å²) in [5.74, 6) is -0.513. The van der Waals surface area contributed by atoms with Crippen LogP contribution in [0.2, 0.25) is 0 Å². The van der Waals surface area contributed by atoms with Crippen molar-refractivity contribution in [2.24, 2.45) is 0 Å². The first-order valence-corrected chi connectivity index (χ1v) is 11.8. The minimum absolute atomic E-state index is 0.175. The number of nitrogens with zero attached hydrogens (tertiary/aromatic N) is 2. The Morgan fingerprint density at radius 3 is 2.31 bits per heavy atom. The number of allylic oxidation sites excluding steroid dienone is 1. The van der Waals surface area contributed by atoms with Crippen LogP contribution in [-0.2, 0) is 20.9 Å². The second-order valence-electron chi connectivity index (χ2n) is 7.28. The lowest BCUT2D eigenvalue weighted by molar-refractivity contribution is -0.141. The Bertz CT molecular complexity index is 1110. The van der Waals surface area contributed by atoms with E-state index >= 15 is 0 Å². The molecule has 2 aromatic rings. The number of benzene rings is 2. The molecule has 2 aliphatic rings. The van der Waals surface area contributed by atoms with Crippen LogP contribution < -0.4 is 0 Å². The fourth-order valence-electron chi connectivity index (χ4n) is 3.61. The Kier molecular flexibility index (Phi) is 6.72. The highest BCUT2D eigenvalue weighted by molar-refractivity contribution is 8.19. The first kappa shape index (κ1) is 22.2. The van der Waals surface area contributed by atoms with E-state index in [0.29, 0.717) is 18.0 Å². The maximum atomic E-state index is 13.3. The van der Waals surface area contributed by atoms with Crippen LogP contribution in [0.4, 0.5) is 0 Å². The van der Waals surface area contributed by atoms with Gasteiger partial charge in [0, 0.05) is 11.8 Å². The predicted molar refractivity (Wildman–Crippen MR) is 129 cm³/mol. The summed E-state index contributed by atoms with van der Waals surface area (Å²) in [7, 11) is 0. The molecule has 0 bridgehead atoms. The van der Waals surface area contributed by atoms with Gasteiger partial charge in [0.25, 0.3) is 5.91 Å². The highest BCUT2D eigenvalue weighted by Crippen LogP contribution is 2.50. The Morgan fingerprint density at radius 1 is 1.00 bits per heavy atom. The second kappa shape index (κ2) is 9.67. The number of rotatable bonds is 6. The van der Waals surface area contributed by atoms with Gasteiger partial charge in [-0.1, -0.05) is 72.4 Å². The smallest absolute Gasteiger partial charge is 0.302 e. The molecule has 1 amide bonds. The Hall–Kier alpha value is -2.97. The summed E-state index contributed by atoms with van der Waals surface area (Å²) in [6, 6.07) is 19.6. The number of nitrogens with one attached hydrogen (secondary N) is 1. The lowest BCUT2D eigenvalue weighted by Crippen LogP contribution is -2.29. The van der Waals surface area contributed by atoms with Gasteiger partial charge in [-0.2, -0.15) is 0 Å². The molecular weight excluding hydrogens is 442 g/mol. The zero-order chi connectivity index (χ0) is 22.7. The molecule has 0 spiro atoms. The van der Waals surface area contributed by atoms with E-state index in [4.69, 9.17) is 10.1 Å². The first-order valence-electron chi connectivity index (χ1n) is 10.2. The van der Waals surface area contributed by atoms with Crippen molar-refractivity contribution in [3.63, 3.8) is 0 Å². The molecule has 164 valence electrons. The molecule has 2 heterocycles. The number of amides is 1. The second-order valence-corrected chi connectivity index (χ2v) is 9.49. The van der Waals surface area contributed by atoms with Gasteiger partial charge < -0.3 is 9.64 Å². The lowest BCUT2D eigenvalue weighted by Gasteiger charge is -2.24. The molecule has 0 aromatic heterocycles.